The van der Waals surface area contributed by atoms with Crippen molar-refractivity contribution in [1.82, 2.24) is 0 Å². The second-order valence-corrected chi connectivity index (χ2v) is 4.62. The number of thiocarbonyl (C=S) groups is 1. The zero-order chi connectivity index (χ0) is 7.70. The van der Waals surface area contributed by atoms with E-state index < -0.39 is 0 Å². The molecule has 0 atom stereocenters. The summed E-state index contributed by atoms with van der Waals surface area (Å²) in [4.78, 5) is 0. The molecule has 0 aliphatic rings. The zero-order valence-corrected chi connectivity index (χ0v) is 9.98. The minimum Gasteiger partial charge on any atom is -0.125 e. The molecule has 1 N–H and O–H groups in total. The van der Waals surface area contributed by atoms with Crippen LogP contribution >= 0.6 is 37.5 Å². The SMILES string of the molecule is OCC[CH2][Na].S=C(S)S. The van der Waals surface area contributed by atoms with E-state index >= 15 is 0 Å². The van der Waals surface area contributed by atoms with Crippen LogP contribution in [0.3, 0.4) is 0 Å². The molecule has 0 rings (SSSR count). The third kappa shape index (κ3) is 41.6. The Morgan fingerprint density at radius 2 is 1.89 bits per heavy atom. The summed E-state index contributed by atoms with van der Waals surface area (Å²) < 4.78 is 1.62. The minimum absolute atomic E-state index is 0.378. The van der Waals surface area contributed by atoms with Gasteiger partial charge in [0.25, 0.3) is 0 Å². The van der Waals surface area contributed by atoms with E-state index in [2.05, 4.69) is 37.5 Å². The van der Waals surface area contributed by atoms with E-state index in [1.54, 1.807) is 0 Å². The van der Waals surface area contributed by atoms with Gasteiger partial charge in [0.05, 0.1) is 3.53 Å². The van der Waals surface area contributed by atoms with Gasteiger partial charge in [0.15, 0.2) is 0 Å². The Morgan fingerprint density at radius 3 is 1.89 bits per heavy atom. The Balaban J connectivity index is 0. The number of aliphatic hydroxyl groups excluding tert-OH is 1. The third-order valence-corrected chi connectivity index (χ3v) is 1.22. The maximum absolute atomic E-state index is 8.09. The van der Waals surface area contributed by atoms with Crippen molar-refractivity contribution in [2.24, 2.45) is 0 Å². The molecule has 0 aliphatic heterocycles. The van der Waals surface area contributed by atoms with Gasteiger partial charge < -0.3 is 0 Å². The normalized spacial score (nSPS) is 7.67. The number of thiol groups is 2. The topological polar surface area (TPSA) is 20.2 Å². The van der Waals surface area contributed by atoms with Gasteiger partial charge in [-0.15, -0.1) is 25.3 Å². The fourth-order valence-electron chi connectivity index (χ4n) is 0.158. The summed E-state index contributed by atoms with van der Waals surface area (Å²) in [6.07, 6.45) is 1.01. The third-order valence-electron chi connectivity index (χ3n) is 0.512. The molecule has 0 saturated carbocycles. The van der Waals surface area contributed by atoms with E-state index in [0.29, 0.717) is 10.1 Å². The van der Waals surface area contributed by atoms with Crippen LogP contribution < -0.4 is 0 Å². The van der Waals surface area contributed by atoms with Gasteiger partial charge in [0.2, 0.25) is 0 Å². The van der Waals surface area contributed by atoms with E-state index in [1.807, 2.05) is 0 Å². The summed E-state index contributed by atoms with van der Waals surface area (Å²) in [6.45, 7) is 0.378. The molecule has 0 radical (unpaired) electrons. The maximum Gasteiger partial charge on any atom is 0.0976 e. The average Bonchev–Trinajstić information content (AvgIpc) is 1.66. The summed E-state index contributed by atoms with van der Waals surface area (Å²) in [5.74, 6) is 0. The molecular weight excluding hydrogens is 183 g/mol. The van der Waals surface area contributed by atoms with Gasteiger partial charge in [0.1, 0.15) is 0 Å². The summed E-state index contributed by atoms with van der Waals surface area (Å²) in [5.41, 5.74) is 0. The van der Waals surface area contributed by atoms with Crippen molar-refractivity contribution in [2.45, 2.75) is 10.1 Å². The van der Waals surface area contributed by atoms with E-state index in [0.717, 1.165) is 6.42 Å². The van der Waals surface area contributed by atoms with Gasteiger partial charge in [-0.3, -0.25) is 0 Å². The van der Waals surface area contributed by atoms with Crippen molar-refractivity contribution < 1.29 is 5.11 Å². The molecule has 0 spiro atoms. The van der Waals surface area contributed by atoms with Crippen molar-refractivity contribution in [3.8, 4) is 0 Å². The van der Waals surface area contributed by atoms with Crippen molar-refractivity contribution in [1.29, 1.82) is 0 Å². The molecule has 1 nitrogen and oxygen atoms in total. The quantitative estimate of drug-likeness (QED) is 0.346. The first-order valence-electron chi connectivity index (χ1n) is 2.67. The predicted molar refractivity (Wildman–Crippen MR) is 52.8 cm³/mol. The standard InChI is InChI=1S/C3H7O.CH2S3.Na/c1-2-3-4;2-1(3)4;/h4H,1-3H2;(H2,2,3,4);. The molecule has 0 aromatic heterocycles. The monoisotopic (exact) mass is 192 g/mol. The van der Waals surface area contributed by atoms with Crippen LogP contribution in [-0.2, 0) is 0 Å². The molecular formula is C4H9NaOS3. The minimum atomic E-state index is 0.378. The molecule has 0 unspecified atom stereocenters. The molecule has 0 aromatic carbocycles. The van der Waals surface area contributed by atoms with Crippen LogP contribution in [0, 0.1) is 0 Å². The number of rotatable bonds is 2. The van der Waals surface area contributed by atoms with E-state index in [-0.39, 0.29) is 0 Å². The summed E-state index contributed by atoms with van der Waals surface area (Å²) >= 11 is 12.6. The first-order valence-corrected chi connectivity index (χ1v) is 5.39. The maximum atomic E-state index is 8.09. The summed E-state index contributed by atoms with van der Waals surface area (Å²) in [5, 5.41) is 8.09. The molecule has 9 heavy (non-hydrogen) atoms. The van der Waals surface area contributed by atoms with Gasteiger partial charge in [-0.05, 0) is 0 Å². The molecule has 0 aromatic rings. The Hall–Kier alpha value is 1.75. The largest absolute Gasteiger partial charge is 0.125 e. The second kappa shape index (κ2) is 12.4. The van der Waals surface area contributed by atoms with Crippen LogP contribution in [0.5, 0.6) is 0 Å². The Labute approximate surface area is 89.8 Å². The molecule has 50 valence electrons. The molecule has 0 amide bonds. The first kappa shape index (κ1) is 13.3. The fraction of sp³-hybridized carbons (Fsp3) is 0.750. The van der Waals surface area contributed by atoms with Crippen LogP contribution in [0.15, 0.2) is 0 Å². The van der Waals surface area contributed by atoms with Gasteiger partial charge in [-0.1, -0.05) is 12.2 Å². The Morgan fingerprint density at radius 1 is 1.56 bits per heavy atom. The summed E-state index contributed by atoms with van der Waals surface area (Å²) in [7, 11) is 0. The van der Waals surface area contributed by atoms with Crippen molar-refractivity contribution in [3.63, 3.8) is 0 Å². The summed E-state index contributed by atoms with van der Waals surface area (Å²) in [6, 6.07) is 0. The predicted octanol–water partition coefficient (Wildman–Crippen LogP) is 1.09. The number of hydrogen-bond acceptors (Lipinski definition) is 2. The zero-order valence-electron chi connectivity index (χ0n) is 5.37. The van der Waals surface area contributed by atoms with Crippen LogP contribution in [0.4, 0.5) is 0 Å². The Bertz CT molecular complexity index is 62.8. The van der Waals surface area contributed by atoms with Crippen LogP contribution in [-0.4, -0.2) is 43.2 Å². The van der Waals surface area contributed by atoms with E-state index in [1.165, 1.54) is 31.6 Å². The van der Waals surface area contributed by atoms with Crippen molar-refractivity contribution >= 4 is 68.9 Å². The van der Waals surface area contributed by atoms with Gasteiger partial charge in [-0.25, -0.2) is 0 Å². The fourth-order valence-corrected chi connectivity index (χ4v) is 0.474. The van der Waals surface area contributed by atoms with Crippen molar-refractivity contribution in [3.05, 3.63) is 0 Å². The molecule has 0 fully saturated rings. The van der Waals surface area contributed by atoms with E-state index in [4.69, 9.17) is 5.11 Å². The molecule has 0 heterocycles. The average molecular weight is 192 g/mol. The number of aliphatic hydroxyl groups is 1. The smallest absolute Gasteiger partial charge is 0.0976 e. The molecule has 5 heteroatoms. The molecule has 0 aliphatic carbocycles. The van der Waals surface area contributed by atoms with Gasteiger partial charge in [-0.2, -0.15) is 0 Å². The van der Waals surface area contributed by atoms with E-state index in [9.17, 15) is 0 Å². The molecule has 0 saturated heterocycles. The van der Waals surface area contributed by atoms with Gasteiger partial charge in [0, 0.05) is 0 Å². The van der Waals surface area contributed by atoms with Crippen LogP contribution in [0.25, 0.3) is 0 Å². The first-order chi connectivity index (χ1) is 4.15. The van der Waals surface area contributed by atoms with Crippen molar-refractivity contribution in [2.75, 3.05) is 6.61 Å². The molecule has 0 bridgehead atoms. The second-order valence-electron chi connectivity index (χ2n) is 1.36. The van der Waals surface area contributed by atoms with Crippen LogP contribution in [0.2, 0.25) is 3.67 Å². The number of hydrogen-bond donors (Lipinski definition) is 3. The van der Waals surface area contributed by atoms with Crippen LogP contribution in [0.1, 0.15) is 6.42 Å². The Kier molecular flexibility index (Phi) is 18.4. The van der Waals surface area contributed by atoms with Gasteiger partial charge >= 0.3 is 49.7 Å².